The molecule has 2 fully saturated rings. The molecule has 10 nitrogen and oxygen atoms in total. The van der Waals surface area contributed by atoms with Gasteiger partial charge in [-0.15, -0.1) is 0 Å². The van der Waals surface area contributed by atoms with E-state index in [1.807, 2.05) is 12.1 Å². The topological polar surface area (TPSA) is 117 Å². The van der Waals surface area contributed by atoms with Gasteiger partial charge in [-0.25, -0.2) is 14.8 Å². The Morgan fingerprint density at radius 3 is 2.58 bits per heavy atom. The van der Waals surface area contributed by atoms with Crippen molar-refractivity contribution in [2.45, 2.75) is 18.3 Å². The van der Waals surface area contributed by atoms with Gasteiger partial charge < -0.3 is 19.5 Å². The van der Waals surface area contributed by atoms with Gasteiger partial charge in [0.25, 0.3) is 0 Å². The van der Waals surface area contributed by atoms with Gasteiger partial charge in [0, 0.05) is 50.5 Å². The first-order valence-corrected chi connectivity index (χ1v) is 9.52. The summed E-state index contributed by atoms with van der Waals surface area (Å²) in [7, 11) is 0. The number of nitrogens with zero attached hydrogens (tertiary/aromatic N) is 5. The summed E-state index contributed by atoms with van der Waals surface area (Å²) < 4.78 is 43.8. The quantitative estimate of drug-likeness (QED) is 0.713. The zero-order valence-corrected chi connectivity index (χ0v) is 16.6. The summed E-state index contributed by atoms with van der Waals surface area (Å²) in [5.41, 5.74) is 0.762. The minimum absolute atomic E-state index is 0.353. The number of nitrogens with one attached hydrogen (secondary N) is 1. The smallest absolute Gasteiger partial charge is 0.475 e. The number of morpholine rings is 1. The molecule has 2 aliphatic heterocycles. The minimum Gasteiger partial charge on any atom is -0.475 e. The Morgan fingerprint density at radius 1 is 1.19 bits per heavy atom. The van der Waals surface area contributed by atoms with Crippen molar-refractivity contribution in [3.05, 3.63) is 36.4 Å². The molecule has 2 aromatic heterocycles. The highest BCUT2D eigenvalue weighted by Crippen LogP contribution is 2.25. The van der Waals surface area contributed by atoms with Crippen LogP contribution in [-0.4, -0.2) is 93.9 Å². The van der Waals surface area contributed by atoms with Crippen LogP contribution >= 0.6 is 0 Å². The number of hydrogen-bond acceptors (Lipinski definition) is 8. The van der Waals surface area contributed by atoms with Gasteiger partial charge in [0.2, 0.25) is 5.95 Å². The average molecular weight is 444 g/mol. The number of aromatic amines is 1. The van der Waals surface area contributed by atoms with Gasteiger partial charge in [0.1, 0.15) is 5.60 Å². The summed E-state index contributed by atoms with van der Waals surface area (Å²) in [6.45, 7) is 6.01. The maximum atomic E-state index is 10.6. The van der Waals surface area contributed by atoms with Crippen molar-refractivity contribution in [3.63, 3.8) is 0 Å². The minimum atomic E-state index is -5.08. The molecule has 2 aliphatic rings. The molecular weight excluding hydrogens is 421 g/mol. The second-order valence-electron chi connectivity index (χ2n) is 7.15. The number of carbonyl (C=O) groups is 1. The number of carboxylic acids is 1. The van der Waals surface area contributed by atoms with Crippen LogP contribution in [-0.2, 0) is 20.8 Å². The second-order valence-corrected chi connectivity index (χ2v) is 7.15. The number of halogens is 3. The van der Waals surface area contributed by atoms with E-state index in [9.17, 15) is 13.2 Å². The number of ether oxygens (including phenoxy) is 2. The molecule has 0 aromatic carbocycles. The fraction of sp³-hybridized carbons (Fsp3) is 0.556. The first-order valence-electron chi connectivity index (χ1n) is 9.52. The molecule has 0 radical (unpaired) electrons. The fourth-order valence-electron chi connectivity index (χ4n) is 3.39. The van der Waals surface area contributed by atoms with E-state index in [1.54, 1.807) is 18.6 Å². The van der Waals surface area contributed by atoms with Crippen LogP contribution in [0, 0.1) is 0 Å². The summed E-state index contributed by atoms with van der Waals surface area (Å²) in [6.07, 6.45) is 0.245. The van der Waals surface area contributed by atoms with Gasteiger partial charge in [-0.2, -0.15) is 18.3 Å². The van der Waals surface area contributed by atoms with Crippen LogP contribution in [0.4, 0.5) is 19.1 Å². The number of rotatable bonds is 3. The molecule has 4 heterocycles. The molecule has 0 aliphatic carbocycles. The van der Waals surface area contributed by atoms with Crippen molar-refractivity contribution in [1.82, 2.24) is 25.1 Å². The van der Waals surface area contributed by atoms with Crippen LogP contribution in [0.3, 0.4) is 0 Å². The number of aliphatic carboxylic acids is 1. The molecule has 13 heteroatoms. The summed E-state index contributed by atoms with van der Waals surface area (Å²) in [5.74, 6) is -2.02. The summed E-state index contributed by atoms with van der Waals surface area (Å²) >= 11 is 0. The summed E-state index contributed by atoms with van der Waals surface area (Å²) in [6, 6.07) is 3.84. The third-order valence-corrected chi connectivity index (χ3v) is 4.71. The van der Waals surface area contributed by atoms with E-state index in [0.29, 0.717) is 19.8 Å². The lowest BCUT2D eigenvalue weighted by molar-refractivity contribution is -0.192. The van der Waals surface area contributed by atoms with Gasteiger partial charge in [-0.3, -0.25) is 10.00 Å². The predicted octanol–water partition coefficient (Wildman–Crippen LogP) is 0.941. The monoisotopic (exact) mass is 444 g/mol. The van der Waals surface area contributed by atoms with Crippen molar-refractivity contribution in [2.75, 3.05) is 50.9 Å². The first-order chi connectivity index (χ1) is 14.8. The maximum Gasteiger partial charge on any atom is 0.490 e. The van der Waals surface area contributed by atoms with Gasteiger partial charge >= 0.3 is 12.1 Å². The third kappa shape index (κ3) is 6.60. The lowest BCUT2D eigenvalue weighted by atomic mass is 10.0. The normalized spacial score (nSPS) is 22.5. The van der Waals surface area contributed by atoms with Gasteiger partial charge in [-0.05, 0) is 12.1 Å². The summed E-state index contributed by atoms with van der Waals surface area (Å²) in [5, 5.41) is 14.2. The molecule has 0 bridgehead atoms. The van der Waals surface area contributed by atoms with E-state index in [-0.39, 0.29) is 5.60 Å². The van der Waals surface area contributed by atoms with Crippen LogP contribution in [0.25, 0.3) is 0 Å². The molecule has 2 aromatic rings. The Bertz CT molecular complexity index is 823. The highest BCUT2D eigenvalue weighted by molar-refractivity contribution is 5.73. The molecule has 2 N–H and O–H groups in total. The maximum absolute atomic E-state index is 10.6. The van der Waals surface area contributed by atoms with Crippen molar-refractivity contribution < 1.29 is 32.5 Å². The van der Waals surface area contributed by atoms with E-state index >= 15 is 0 Å². The van der Waals surface area contributed by atoms with E-state index < -0.39 is 12.1 Å². The first kappa shape index (κ1) is 22.9. The lowest BCUT2D eigenvalue weighted by Crippen LogP contribution is -2.58. The van der Waals surface area contributed by atoms with Gasteiger partial charge in [-0.1, -0.05) is 0 Å². The van der Waals surface area contributed by atoms with Crippen LogP contribution in [0.2, 0.25) is 0 Å². The average Bonchev–Trinajstić information content (AvgIpc) is 3.16. The molecule has 31 heavy (non-hydrogen) atoms. The molecule has 1 spiro atoms. The molecule has 2 saturated heterocycles. The van der Waals surface area contributed by atoms with Crippen molar-refractivity contribution >= 4 is 11.9 Å². The van der Waals surface area contributed by atoms with Crippen molar-refractivity contribution in [3.8, 4) is 0 Å². The molecule has 1 atom stereocenters. The second kappa shape index (κ2) is 10.0. The molecule has 4 rings (SSSR count). The van der Waals surface area contributed by atoms with Crippen LogP contribution in [0.15, 0.2) is 30.7 Å². The number of H-pyrrole nitrogens is 1. The van der Waals surface area contributed by atoms with Gasteiger partial charge in [0.05, 0.1) is 26.4 Å². The Kier molecular flexibility index (Phi) is 7.41. The molecular formula is C18H23F3N6O4. The van der Waals surface area contributed by atoms with Crippen LogP contribution < -0.4 is 4.90 Å². The van der Waals surface area contributed by atoms with E-state index in [4.69, 9.17) is 19.4 Å². The van der Waals surface area contributed by atoms with Gasteiger partial charge in [0.15, 0.2) is 0 Å². The highest BCUT2D eigenvalue weighted by Gasteiger charge is 2.41. The Morgan fingerprint density at radius 2 is 1.94 bits per heavy atom. The van der Waals surface area contributed by atoms with Crippen LogP contribution in [0.5, 0.6) is 0 Å². The molecule has 1 unspecified atom stereocenters. The Balaban J connectivity index is 0.000000339. The zero-order chi connectivity index (χ0) is 22.3. The van der Waals surface area contributed by atoms with Crippen molar-refractivity contribution in [1.29, 1.82) is 0 Å². The highest BCUT2D eigenvalue weighted by atomic mass is 19.4. The van der Waals surface area contributed by atoms with E-state index in [2.05, 4.69) is 30.0 Å². The Hall–Kier alpha value is -2.77. The SMILES string of the molecule is O=C(O)C(F)(F)F.c1cnc(N2CCOCC3(CN(Cc4ccn[nH]4)CCO3)C2)nc1. The fourth-order valence-corrected chi connectivity index (χ4v) is 3.39. The third-order valence-electron chi connectivity index (χ3n) is 4.71. The Labute approximate surface area is 176 Å². The summed E-state index contributed by atoms with van der Waals surface area (Å²) in [4.78, 5) is 22.2. The molecule has 0 amide bonds. The number of anilines is 1. The number of alkyl halides is 3. The lowest BCUT2D eigenvalue weighted by Gasteiger charge is -2.43. The van der Waals surface area contributed by atoms with E-state index in [1.165, 1.54) is 0 Å². The largest absolute Gasteiger partial charge is 0.490 e. The zero-order valence-electron chi connectivity index (χ0n) is 16.6. The predicted molar refractivity (Wildman–Crippen MR) is 101 cm³/mol. The van der Waals surface area contributed by atoms with Crippen molar-refractivity contribution in [2.24, 2.45) is 0 Å². The molecule has 0 saturated carbocycles. The number of hydrogen-bond donors (Lipinski definition) is 2. The van der Waals surface area contributed by atoms with Crippen LogP contribution in [0.1, 0.15) is 5.69 Å². The molecule has 170 valence electrons. The number of carboxylic acid groups (broad SMARTS) is 1. The standard InChI is InChI=1S/C16H22N6O2.C2HF3O2/c1-3-17-15(18-4-1)22-7-8-23-13-16(12-22)11-21(6-9-24-16)10-14-2-5-19-20-14;3-2(4,5)1(6)7/h1-5H,6-13H2,(H,19,20);(H,6,7). The van der Waals surface area contributed by atoms with E-state index in [0.717, 1.165) is 44.4 Å². The number of aromatic nitrogens is 4.